The minimum absolute atomic E-state index is 0.0795. The van der Waals surface area contributed by atoms with Gasteiger partial charge in [-0.1, -0.05) is 59.6 Å². The van der Waals surface area contributed by atoms with Gasteiger partial charge in [-0.25, -0.2) is 9.99 Å². The van der Waals surface area contributed by atoms with Gasteiger partial charge in [-0.15, -0.1) is 0 Å². The standard InChI is InChI=1S/C27H24Cl2N4O/c1-16-11-18(7-8-21(16)26-30-24-14-22(28)23(29)15-25(24)31-26)27(34)33-19-9-10-32(33)20(13-19)12-17-5-3-2-4-6-17/h2-8,11,14-15,19-20H,9-10,12-13H2,1H3,(H,30,31). The van der Waals surface area contributed by atoms with Crippen LogP contribution in [0.3, 0.4) is 0 Å². The quantitative estimate of drug-likeness (QED) is 0.365. The first kappa shape index (κ1) is 21.7. The predicted octanol–water partition coefficient (Wildman–Crippen LogP) is 6.29. The molecule has 5 nitrogen and oxygen atoms in total. The Bertz CT molecular complexity index is 1360. The lowest BCUT2D eigenvalue weighted by Gasteiger charge is -2.28. The minimum Gasteiger partial charge on any atom is -0.338 e. The number of carbonyl (C=O) groups excluding carboxylic acids is 1. The molecule has 1 amide bonds. The summed E-state index contributed by atoms with van der Waals surface area (Å²) < 4.78 is 0. The van der Waals surface area contributed by atoms with E-state index in [9.17, 15) is 4.79 Å². The van der Waals surface area contributed by atoms with E-state index in [-0.39, 0.29) is 11.9 Å². The maximum absolute atomic E-state index is 13.6. The molecule has 2 bridgehead atoms. The Morgan fingerprint density at radius 2 is 1.88 bits per heavy atom. The number of hydrazine groups is 1. The lowest BCUT2D eigenvalue weighted by Crippen LogP contribution is -2.42. The fourth-order valence-electron chi connectivity index (χ4n) is 5.42. The summed E-state index contributed by atoms with van der Waals surface area (Å²) in [5, 5.41) is 5.26. The maximum atomic E-state index is 13.6. The highest BCUT2D eigenvalue weighted by Gasteiger charge is 2.47. The summed E-state index contributed by atoms with van der Waals surface area (Å²) in [6.07, 6.45) is 3.04. The first-order valence-corrected chi connectivity index (χ1v) is 12.3. The fraction of sp³-hybridized carbons (Fsp3) is 0.259. The van der Waals surface area contributed by atoms with Crippen LogP contribution in [0.25, 0.3) is 22.4 Å². The minimum atomic E-state index is 0.0795. The number of H-pyrrole nitrogens is 1. The van der Waals surface area contributed by atoms with E-state index in [1.807, 2.05) is 36.2 Å². The van der Waals surface area contributed by atoms with Gasteiger partial charge >= 0.3 is 0 Å². The SMILES string of the molecule is Cc1cc(C(=O)N2C3CCN2C(Cc2ccccc2)C3)ccc1-c1nc2cc(Cl)c(Cl)cc2[nH]1. The van der Waals surface area contributed by atoms with Crippen molar-refractivity contribution in [3.05, 3.63) is 87.4 Å². The number of aromatic nitrogens is 2. The average Bonchev–Trinajstić information content (AvgIpc) is 3.52. The largest absolute Gasteiger partial charge is 0.338 e. The smallest absolute Gasteiger partial charge is 0.268 e. The van der Waals surface area contributed by atoms with Crippen LogP contribution in [0.1, 0.15) is 34.3 Å². The van der Waals surface area contributed by atoms with Crippen LogP contribution >= 0.6 is 23.2 Å². The summed E-state index contributed by atoms with van der Waals surface area (Å²) in [4.78, 5) is 21.6. The van der Waals surface area contributed by atoms with E-state index in [4.69, 9.17) is 23.2 Å². The summed E-state index contributed by atoms with van der Waals surface area (Å²) >= 11 is 12.3. The molecule has 1 N–H and O–H groups in total. The third-order valence-electron chi connectivity index (χ3n) is 7.05. The Balaban J connectivity index is 1.25. The van der Waals surface area contributed by atoms with Crippen molar-refractivity contribution in [3.8, 4) is 11.4 Å². The Hall–Kier alpha value is -2.86. The third kappa shape index (κ3) is 3.68. The van der Waals surface area contributed by atoms with E-state index in [2.05, 4.69) is 39.2 Å². The van der Waals surface area contributed by atoms with E-state index < -0.39 is 0 Å². The Labute approximate surface area is 208 Å². The van der Waals surface area contributed by atoms with Gasteiger partial charge in [0.2, 0.25) is 0 Å². The molecule has 0 spiro atoms. The van der Waals surface area contributed by atoms with Crippen LogP contribution in [0.2, 0.25) is 10.0 Å². The van der Waals surface area contributed by atoms with Gasteiger partial charge in [0.05, 0.1) is 27.1 Å². The Morgan fingerprint density at radius 1 is 1.09 bits per heavy atom. The number of benzene rings is 3. The van der Waals surface area contributed by atoms with Crippen molar-refractivity contribution < 1.29 is 4.79 Å². The molecule has 0 radical (unpaired) electrons. The number of piperidine rings is 1. The van der Waals surface area contributed by atoms with Crippen LogP contribution < -0.4 is 0 Å². The number of imidazole rings is 1. The number of nitrogens with one attached hydrogen (secondary N) is 1. The molecule has 3 unspecified atom stereocenters. The van der Waals surface area contributed by atoms with Gasteiger partial charge in [0.15, 0.2) is 0 Å². The lowest BCUT2D eigenvalue weighted by atomic mass is 9.97. The second-order valence-corrected chi connectivity index (χ2v) is 10.0. The van der Waals surface area contributed by atoms with Crippen LogP contribution in [0.5, 0.6) is 0 Å². The molecule has 4 aromatic rings. The van der Waals surface area contributed by atoms with Crippen molar-refractivity contribution in [2.24, 2.45) is 0 Å². The summed E-state index contributed by atoms with van der Waals surface area (Å²) in [7, 11) is 0. The van der Waals surface area contributed by atoms with E-state index in [0.717, 1.165) is 53.8 Å². The number of halogens is 2. The van der Waals surface area contributed by atoms with E-state index in [1.54, 1.807) is 12.1 Å². The Morgan fingerprint density at radius 3 is 2.68 bits per heavy atom. The van der Waals surface area contributed by atoms with Gasteiger partial charge in [0.1, 0.15) is 5.82 Å². The molecule has 2 aliphatic rings. The molecule has 3 aromatic carbocycles. The summed E-state index contributed by atoms with van der Waals surface area (Å²) in [5.74, 6) is 0.814. The first-order valence-electron chi connectivity index (χ1n) is 11.6. The molecule has 172 valence electrons. The number of nitrogens with zero attached hydrogens (tertiary/aromatic N) is 3. The van der Waals surface area contributed by atoms with Crippen molar-refractivity contribution in [2.45, 2.75) is 38.3 Å². The van der Waals surface area contributed by atoms with Crippen LogP contribution in [0.15, 0.2) is 60.7 Å². The zero-order valence-corrected chi connectivity index (χ0v) is 20.3. The molecule has 6 rings (SSSR count). The number of rotatable bonds is 4. The van der Waals surface area contributed by atoms with Gasteiger partial charge in [-0.05, 0) is 61.6 Å². The van der Waals surface area contributed by atoms with E-state index in [0.29, 0.717) is 21.7 Å². The summed E-state index contributed by atoms with van der Waals surface area (Å²) in [6.45, 7) is 2.95. The van der Waals surface area contributed by atoms with Crippen molar-refractivity contribution in [1.82, 2.24) is 20.0 Å². The monoisotopic (exact) mass is 490 g/mol. The highest BCUT2D eigenvalue weighted by Crippen LogP contribution is 2.37. The highest BCUT2D eigenvalue weighted by atomic mass is 35.5. The second kappa shape index (κ2) is 8.42. The van der Waals surface area contributed by atoms with E-state index in [1.165, 1.54) is 5.56 Å². The number of aryl methyl sites for hydroxylation is 1. The second-order valence-electron chi connectivity index (χ2n) is 9.23. The lowest BCUT2D eigenvalue weighted by molar-refractivity contribution is 0.0197. The molecule has 3 atom stereocenters. The summed E-state index contributed by atoms with van der Waals surface area (Å²) in [6, 6.07) is 20.6. The van der Waals surface area contributed by atoms with Crippen molar-refractivity contribution >= 4 is 40.1 Å². The molecular formula is C27H24Cl2N4O. The molecule has 2 saturated heterocycles. The average molecular weight is 491 g/mol. The van der Waals surface area contributed by atoms with Gasteiger partial charge < -0.3 is 4.98 Å². The van der Waals surface area contributed by atoms with Gasteiger partial charge in [0.25, 0.3) is 5.91 Å². The van der Waals surface area contributed by atoms with Crippen LogP contribution in [0, 0.1) is 6.92 Å². The normalized spacial score (nSPS) is 21.5. The number of amides is 1. The number of fused-ring (bicyclic) bond motifs is 3. The van der Waals surface area contributed by atoms with Crippen LogP contribution in [0.4, 0.5) is 0 Å². The number of carbonyl (C=O) groups is 1. The van der Waals surface area contributed by atoms with Crippen LogP contribution in [-0.2, 0) is 6.42 Å². The highest BCUT2D eigenvalue weighted by molar-refractivity contribution is 6.42. The fourth-order valence-corrected chi connectivity index (χ4v) is 5.74. The molecule has 0 saturated carbocycles. The predicted molar refractivity (Wildman–Crippen MR) is 136 cm³/mol. The molecule has 2 fully saturated rings. The maximum Gasteiger partial charge on any atom is 0.268 e. The number of hydrogen-bond acceptors (Lipinski definition) is 3. The molecule has 34 heavy (non-hydrogen) atoms. The summed E-state index contributed by atoms with van der Waals surface area (Å²) in [5.41, 5.74) is 5.56. The van der Waals surface area contributed by atoms with Crippen LogP contribution in [-0.4, -0.2) is 44.5 Å². The molecule has 7 heteroatoms. The number of hydrogen-bond donors (Lipinski definition) is 1. The van der Waals surface area contributed by atoms with E-state index >= 15 is 0 Å². The van der Waals surface area contributed by atoms with Crippen molar-refractivity contribution in [1.29, 1.82) is 0 Å². The Kier molecular flexibility index (Phi) is 5.36. The zero-order valence-electron chi connectivity index (χ0n) is 18.8. The molecule has 1 aromatic heterocycles. The molecule has 2 aliphatic heterocycles. The molecular weight excluding hydrogens is 467 g/mol. The first-order chi connectivity index (χ1) is 16.5. The topological polar surface area (TPSA) is 52.2 Å². The van der Waals surface area contributed by atoms with Gasteiger partial charge in [0, 0.05) is 23.7 Å². The van der Waals surface area contributed by atoms with Crippen molar-refractivity contribution in [2.75, 3.05) is 6.54 Å². The zero-order chi connectivity index (χ0) is 23.4. The van der Waals surface area contributed by atoms with Gasteiger partial charge in [-0.2, -0.15) is 0 Å². The number of aromatic amines is 1. The van der Waals surface area contributed by atoms with Crippen molar-refractivity contribution in [3.63, 3.8) is 0 Å². The molecule has 0 aliphatic carbocycles. The molecule has 3 heterocycles. The third-order valence-corrected chi connectivity index (χ3v) is 7.78. The van der Waals surface area contributed by atoms with Gasteiger partial charge in [-0.3, -0.25) is 9.80 Å².